The maximum atomic E-state index is 12.6. The summed E-state index contributed by atoms with van der Waals surface area (Å²) in [5, 5.41) is 7.47. The molecule has 0 bridgehead atoms. The zero-order chi connectivity index (χ0) is 15.4. The molecule has 1 aliphatic heterocycles. The van der Waals surface area contributed by atoms with Crippen LogP contribution in [0.5, 0.6) is 0 Å². The summed E-state index contributed by atoms with van der Waals surface area (Å²) in [6, 6.07) is 10.2. The first-order valence-electron chi connectivity index (χ1n) is 7.79. The van der Waals surface area contributed by atoms with Crippen molar-refractivity contribution in [2.45, 2.75) is 25.4 Å². The van der Waals surface area contributed by atoms with Gasteiger partial charge >= 0.3 is 0 Å². The Labute approximate surface area is 155 Å². The van der Waals surface area contributed by atoms with Gasteiger partial charge in [-0.25, -0.2) is 0 Å². The van der Waals surface area contributed by atoms with Crippen molar-refractivity contribution in [3.05, 3.63) is 53.9 Å². The van der Waals surface area contributed by atoms with Gasteiger partial charge in [0.15, 0.2) is 0 Å². The minimum absolute atomic E-state index is 0. The lowest BCUT2D eigenvalue weighted by Crippen LogP contribution is -2.46. The number of amides is 1. The molecule has 2 heterocycles. The van der Waals surface area contributed by atoms with E-state index in [0.29, 0.717) is 6.04 Å². The molecule has 24 heavy (non-hydrogen) atoms. The molecule has 1 aliphatic rings. The number of halogens is 2. The molecule has 2 aromatic rings. The Morgan fingerprint density at radius 2 is 2.04 bits per heavy atom. The second-order valence-electron chi connectivity index (χ2n) is 5.78. The maximum absolute atomic E-state index is 12.6. The highest BCUT2D eigenvalue weighted by molar-refractivity contribution is 5.94. The highest BCUT2D eigenvalue weighted by atomic mass is 35.5. The summed E-state index contributed by atoms with van der Waals surface area (Å²) in [5.41, 5.74) is 1.91. The van der Waals surface area contributed by atoms with Crippen LogP contribution >= 0.6 is 24.8 Å². The topological polar surface area (TPSA) is 50.2 Å². The molecule has 1 saturated heterocycles. The fraction of sp³-hybridized carbons (Fsp3) is 0.412. The molecule has 0 aliphatic carbocycles. The third kappa shape index (κ3) is 4.97. The number of aromatic nitrogens is 2. The van der Waals surface area contributed by atoms with Crippen LogP contribution in [-0.2, 0) is 6.54 Å². The van der Waals surface area contributed by atoms with Crippen molar-refractivity contribution in [2.75, 3.05) is 20.1 Å². The molecule has 1 aromatic heterocycles. The number of nitrogens with one attached hydrogen (secondary N) is 1. The van der Waals surface area contributed by atoms with Gasteiger partial charge in [0.05, 0.1) is 6.54 Å². The standard InChI is InChI=1S/C17H22N4O.2ClH/c1-18-16-4-2-10-20(13-16)17(22)15-7-5-14(6-8-15)12-21-11-3-9-19-21;;/h3,5-9,11,16,18H,2,4,10,12-13H2,1H3;2*1H. The predicted molar refractivity (Wildman–Crippen MR) is 100 cm³/mol. The van der Waals surface area contributed by atoms with Crippen molar-refractivity contribution in [2.24, 2.45) is 0 Å². The van der Waals surface area contributed by atoms with E-state index >= 15 is 0 Å². The second-order valence-corrected chi connectivity index (χ2v) is 5.78. The molecule has 1 aromatic carbocycles. The Bertz CT molecular complexity index is 616. The average Bonchev–Trinajstić information content (AvgIpc) is 3.08. The second kappa shape index (κ2) is 9.67. The Morgan fingerprint density at radius 3 is 2.67 bits per heavy atom. The summed E-state index contributed by atoms with van der Waals surface area (Å²) in [4.78, 5) is 14.5. The molecule has 1 fully saturated rings. The predicted octanol–water partition coefficient (Wildman–Crippen LogP) is 2.60. The van der Waals surface area contributed by atoms with Crippen LogP contribution in [0.2, 0.25) is 0 Å². The molecule has 5 nitrogen and oxygen atoms in total. The maximum Gasteiger partial charge on any atom is 0.253 e. The number of piperidine rings is 1. The average molecular weight is 371 g/mol. The first-order valence-corrected chi connectivity index (χ1v) is 7.79. The van der Waals surface area contributed by atoms with E-state index in [9.17, 15) is 4.79 Å². The lowest BCUT2D eigenvalue weighted by Gasteiger charge is -2.32. The van der Waals surface area contributed by atoms with E-state index in [0.717, 1.165) is 43.6 Å². The van der Waals surface area contributed by atoms with Crippen LogP contribution in [0.4, 0.5) is 0 Å². The van der Waals surface area contributed by atoms with Crippen LogP contribution in [-0.4, -0.2) is 46.8 Å². The molecular weight excluding hydrogens is 347 g/mol. The Morgan fingerprint density at radius 1 is 1.29 bits per heavy atom. The molecule has 1 unspecified atom stereocenters. The monoisotopic (exact) mass is 370 g/mol. The molecule has 132 valence electrons. The van der Waals surface area contributed by atoms with Crippen molar-refractivity contribution in [3.8, 4) is 0 Å². The summed E-state index contributed by atoms with van der Waals surface area (Å²) in [5.74, 6) is 0.130. The van der Waals surface area contributed by atoms with Crippen LogP contribution < -0.4 is 5.32 Å². The first kappa shape index (κ1) is 20.5. The molecule has 0 saturated carbocycles. The molecule has 1 atom stereocenters. The van der Waals surface area contributed by atoms with Crippen LogP contribution in [0, 0.1) is 0 Å². The summed E-state index contributed by atoms with van der Waals surface area (Å²) in [6.07, 6.45) is 5.91. The normalized spacial score (nSPS) is 16.9. The van der Waals surface area contributed by atoms with E-state index in [-0.39, 0.29) is 30.7 Å². The van der Waals surface area contributed by atoms with Gasteiger partial charge in [0.2, 0.25) is 0 Å². The number of nitrogens with zero attached hydrogens (tertiary/aromatic N) is 3. The van der Waals surface area contributed by atoms with Crippen LogP contribution in [0.15, 0.2) is 42.7 Å². The van der Waals surface area contributed by atoms with Gasteiger partial charge in [-0.15, -0.1) is 24.8 Å². The van der Waals surface area contributed by atoms with E-state index in [1.807, 2.05) is 53.2 Å². The largest absolute Gasteiger partial charge is 0.337 e. The van der Waals surface area contributed by atoms with Crippen LogP contribution in [0.3, 0.4) is 0 Å². The van der Waals surface area contributed by atoms with Gasteiger partial charge in [-0.1, -0.05) is 12.1 Å². The number of benzene rings is 1. The number of likely N-dealkylation sites (tertiary alicyclic amines) is 1. The molecule has 0 radical (unpaired) electrons. The van der Waals surface area contributed by atoms with Crippen molar-refractivity contribution in [3.63, 3.8) is 0 Å². The fourth-order valence-electron chi connectivity index (χ4n) is 2.91. The SMILES string of the molecule is CNC1CCCN(C(=O)c2ccc(Cn3cccn3)cc2)C1.Cl.Cl. The van der Waals surface area contributed by atoms with Gasteiger partial charge in [-0.3, -0.25) is 9.48 Å². The van der Waals surface area contributed by atoms with Gasteiger partial charge in [0.1, 0.15) is 0 Å². The number of carbonyl (C=O) groups is 1. The van der Waals surface area contributed by atoms with Gasteiger partial charge in [-0.05, 0) is 43.7 Å². The first-order chi connectivity index (χ1) is 10.8. The van der Waals surface area contributed by atoms with Crippen LogP contribution in [0.1, 0.15) is 28.8 Å². The zero-order valence-corrected chi connectivity index (χ0v) is 15.4. The fourth-order valence-corrected chi connectivity index (χ4v) is 2.91. The van der Waals surface area contributed by atoms with Gasteiger partial charge in [-0.2, -0.15) is 5.10 Å². The number of hydrogen-bond acceptors (Lipinski definition) is 3. The van der Waals surface area contributed by atoms with Crippen molar-refractivity contribution in [1.82, 2.24) is 20.0 Å². The quantitative estimate of drug-likeness (QED) is 0.899. The number of likely N-dealkylation sites (N-methyl/N-ethyl adjacent to an activating group) is 1. The number of rotatable bonds is 4. The lowest BCUT2D eigenvalue weighted by atomic mass is 10.0. The van der Waals surface area contributed by atoms with Crippen LogP contribution in [0.25, 0.3) is 0 Å². The summed E-state index contributed by atoms with van der Waals surface area (Å²) >= 11 is 0. The molecule has 1 amide bonds. The molecule has 0 spiro atoms. The van der Waals surface area contributed by atoms with Gasteiger partial charge < -0.3 is 10.2 Å². The van der Waals surface area contributed by atoms with Crippen molar-refractivity contribution in [1.29, 1.82) is 0 Å². The highest BCUT2D eigenvalue weighted by Crippen LogP contribution is 2.14. The summed E-state index contributed by atoms with van der Waals surface area (Å²) in [6.45, 7) is 2.38. The number of carbonyl (C=O) groups excluding carboxylic acids is 1. The minimum atomic E-state index is 0. The molecule has 1 N–H and O–H groups in total. The molecular formula is C17H24Cl2N4O. The molecule has 3 rings (SSSR count). The van der Waals surface area contributed by atoms with E-state index in [4.69, 9.17) is 0 Å². The molecule has 7 heteroatoms. The lowest BCUT2D eigenvalue weighted by molar-refractivity contribution is 0.0698. The van der Waals surface area contributed by atoms with Crippen molar-refractivity contribution >= 4 is 30.7 Å². The van der Waals surface area contributed by atoms with E-state index in [1.54, 1.807) is 6.20 Å². The Hall–Kier alpha value is -1.56. The van der Waals surface area contributed by atoms with Gasteiger partial charge in [0, 0.05) is 37.1 Å². The Balaban J connectivity index is 0.00000144. The third-order valence-corrected chi connectivity index (χ3v) is 4.22. The highest BCUT2D eigenvalue weighted by Gasteiger charge is 2.23. The van der Waals surface area contributed by atoms with Gasteiger partial charge in [0.25, 0.3) is 5.91 Å². The van der Waals surface area contributed by atoms with E-state index in [2.05, 4.69) is 10.4 Å². The van der Waals surface area contributed by atoms with E-state index in [1.165, 1.54) is 0 Å². The third-order valence-electron chi connectivity index (χ3n) is 4.22. The zero-order valence-electron chi connectivity index (χ0n) is 13.7. The summed E-state index contributed by atoms with van der Waals surface area (Å²) < 4.78 is 1.87. The van der Waals surface area contributed by atoms with E-state index < -0.39 is 0 Å². The smallest absolute Gasteiger partial charge is 0.253 e. The Kier molecular flexibility index (Phi) is 8.25. The minimum Gasteiger partial charge on any atom is -0.337 e. The van der Waals surface area contributed by atoms with Crippen molar-refractivity contribution < 1.29 is 4.79 Å². The number of hydrogen-bond donors (Lipinski definition) is 1. The summed E-state index contributed by atoms with van der Waals surface area (Å²) in [7, 11) is 1.96.